The number of anilines is 1. The molecule has 6 heteroatoms. The number of hydrogen-bond acceptors (Lipinski definition) is 5. The highest BCUT2D eigenvalue weighted by atomic mass is 16.6. The molecule has 1 aromatic carbocycles. The van der Waals surface area contributed by atoms with Gasteiger partial charge in [-0.2, -0.15) is 0 Å². The topological polar surface area (TPSA) is 69.8 Å². The summed E-state index contributed by atoms with van der Waals surface area (Å²) in [5.74, 6) is 0. The van der Waals surface area contributed by atoms with Crippen LogP contribution in [-0.2, 0) is 0 Å². The molecule has 1 radical (unpaired) electrons. The Bertz CT molecular complexity index is 443. The fourth-order valence-corrected chi connectivity index (χ4v) is 2.36. The number of benzene rings is 1. The summed E-state index contributed by atoms with van der Waals surface area (Å²) in [4.78, 5) is 14.8. The number of nitro benzene ring substituents is 1. The Balaban J connectivity index is 2.04. The molecule has 2 rings (SSSR count). The summed E-state index contributed by atoms with van der Waals surface area (Å²) in [6.07, 6.45) is -0.586. The summed E-state index contributed by atoms with van der Waals surface area (Å²) in [6, 6.07) is 6.80. The number of nitro groups is 1. The summed E-state index contributed by atoms with van der Waals surface area (Å²) in [6.45, 7) is 7.10. The molecule has 1 aliphatic heterocycles. The minimum Gasteiger partial charge on any atom is -0.392 e. The van der Waals surface area contributed by atoms with Crippen LogP contribution in [0.1, 0.15) is 0 Å². The summed E-state index contributed by atoms with van der Waals surface area (Å²) in [5, 5.41) is 20.3. The van der Waals surface area contributed by atoms with E-state index in [1.807, 2.05) is 11.0 Å². The normalized spacial score (nSPS) is 18.3. The summed E-state index contributed by atoms with van der Waals surface area (Å²) in [5.41, 5.74) is 0.815. The smallest absolute Gasteiger partial charge is 0.292 e. The van der Waals surface area contributed by atoms with Gasteiger partial charge in [-0.3, -0.25) is 15.0 Å². The zero-order valence-electron chi connectivity index (χ0n) is 10.7. The number of aliphatic hydroxyl groups is 1. The fraction of sp³-hybridized carbons (Fsp3) is 0.462. The van der Waals surface area contributed by atoms with Gasteiger partial charge >= 0.3 is 0 Å². The van der Waals surface area contributed by atoms with Gasteiger partial charge in [0.15, 0.2) is 0 Å². The van der Waals surface area contributed by atoms with Crippen molar-refractivity contribution in [3.63, 3.8) is 0 Å². The van der Waals surface area contributed by atoms with Crippen LogP contribution in [0.25, 0.3) is 0 Å². The number of para-hydroxylation sites is 2. The SMILES string of the molecule is [CH2]C(O)CN1CCN(c2ccccc2[N+](=O)[O-])CC1. The Labute approximate surface area is 112 Å². The standard InChI is InChI=1S/C13H18N3O3/c1-11(17)10-14-6-8-15(9-7-14)12-4-2-3-5-13(12)16(18)19/h2-5,11,17H,1,6-10H2. The third-order valence-electron chi connectivity index (χ3n) is 3.26. The Morgan fingerprint density at radius 2 is 1.95 bits per heavy atom. The summed E-state index contributed by atoms with van der Waals surface area (Å²) < 4.78 is 0. The lowest BCUT2D eigenvalue weighted by atomic mass is 10.2. The number of aliphatic hydroxyl groups excluding tert-OH is 1. The number of hydrogen-bond donors (Lipinski definition) is 1. The van der Waals surface area contributed by atoms with Crippen LogP contribution in [0.4, 0.5) is 11.4 Å². The molecule has 1 fully saturated rings. The van der Waals surface area contributed by atoms with Gasteiger partial charge < -0.3 is 10.0 Å². The predicted octanol–water partition coefficient (Wildman–Crippen LogP) is 0.912. The molecular weight excluding hydrogens is 246 g/mol. The molecule has 1 unspecified atom stereocenters. The first kappa shape index (κ1) is 13.8. The van der Waals surface area contributed by atoms with E-state index in [2.05, 4.69) is 11.8 Å². The van der Waals surface area contributed by atoms with Crippen molar-refractivity contribution in [2.45, 2.75) is 6.10 Å². The van der Waals surface area contributed by atoms with E-state index in [1.54, 1.807) is 12.1 Å². The molecule has 1 saturated heterocycles. The average Bonchev–Trinajstić information content (AvgIpc) is 2.39. The van der Waals surface area contributed by atoms with Crippen molar-refractivity contribution in [2.24, 2.45) is 0 Å². The minimum atomic E-state index is -0.586. The second-order valence-corrected chi connectivity index (χ2v) is 4.69. The molecule has 1 aromatic rings. The third-order valence-corrected chi connectivity index (χ3v) is 3.26. The lowest BCUT2D eigenvalue weighted by Crippen LogP contribution is -2.48. The third kappa shape index (κ3) is 3.42. The van der Waals surface area contributed by atoms with E-state index in [0.717, 1.165) is 26.2 Å². The average molecular weight is 264 g/mol. The quantitative estimate of drug-likeness (QED) is 0.646. The fourth-order valence-electron chi connectivity index (χ4n) is 2.36. The molecule has 6 nitrogen and oxygen atoms in total. The van der Waals surface area contributed by atoms with Crippen molar-refractivity contribution in [2.75, 3.05) is 37.6 Å². The minimum absolute atomic E-state index is 0.146. The predicted molar refractivity (Wildman–Crippen MR) is 73.1 cm³/mol. The molecule has 1 atom stereocenters. The van der Waals surface area contributed by atoms with E-state index in [4.69, 9.17) is 0 Å². The van der Waals surface area contributed by atoms with Crippen LogP contribution in [0.3, 0.4) is 0 Å². The number of piperazine rings is 1. The zero-order chi connectivity index (χ0) is 13.8. The summed E-state index contributed by atoms with van der Waals surface area (Å²) in [7, 11) is 0. The molecule has 0 spiro atoms. The lowest BCUT2D eigenvalue weighted by Gasteiger charge is -2.36. The first-order chi connectivity index (χ1) is 9.08. The van der Waals surface area contributed by atoms with Gasteiger partial charge in [-0.05, 0) is 13.0 Å². The van der Waals surface area contributed by atoms with Crippen molar-refractivity contribution in [1.82, 2.24) is 4.90 Å². The Kier molecular flexibility index (Phi) is 4.34. The molecule has 19 heavy (non-hydrogen) atoms. The molecule has 0 aliphatic carbocycles. The van der Waals surface area contributed by atoms with Gasteiger partial charge in [0.05, 0.1) is 11.0 Å². The lowest BCUT2D eigenvalue weighted by molar-refractivity contribution is -0.384. The Morgan fingerprint density at radius 1 is 1.32 bits per heavy atom. The number of β-amino-alcohol motifs (C(OH)–C–C–N with tert-alkyl or cyclic N) is 1. The van der Waals surface area contributed by atoms with Crippen LogP contribution >= 0.6 is 0 Å². The van der Waals surface area contributed by atoms with E-state index in [0.29, 0.717) is 12.2 Å². The maximum atomic E-state index is 11.0. The van der Waals surface area contributed by atoms with Crippen LogP contribution in [0, 0.1) is 17.0 Å². The van der Waals surface area contributed by atoms with E-state index in [-0.39, 0.29) is 10.6 Å². The molecule has 1 heterocycles. The molecule has 0 saturated carbocycles. The number of rotatable bonds is 4. The van der Waals surface area contributed by atoms with Crippen LogP contribution in [0.5, 0.6) is 0 Å². The van der Waals surface area contributed by atoms with Gasteiger partial charge in [-0.1, -0.05) is 12.1 Å². The molecular formula is C13H18N3O3. The van der Waals surface area contributed by atoms with Gasteiger partial charge in [-0.15, -0.1) is 0 Å². The van der Waals surface area contributed by atoms with Crippen molar-refractivity contribution < 1.29 is 10.0 Å². The van der Waals surface area contributed by atoms with Gasteiger partial charge in [0.1, 0.15) is 5.69 Å². The maximum Gasteiger partial charge on any atom is 0.292 e. The van der Waals surface area contributed by atoms with Crippen LogP contribution in [0.2, 0.25) is 0 Å². The monoisotopic (exact) mass is 264 g/mol. The molecule has 1 N–H and O–H groups in total. The van der Waals surface area contributed by atoms with Crippen molar-refractivity contribution in [1.29, 1.82) is 0 Å². The van der Waals surface area contributed by atoms with Crippen LogP contribution in [-0.4, -0.2) is 53.8 Å². The second kappa shape index (κ2) is 5.99. The zero-order valence-corrected chi connectivity index (χ0v) is 10.7. The van der Waals surface area contributed by atoms with Gasteiger partial charge in [0.25, 0.3) is 5.69 Å². The largest absolute Gasteiger partial charge is 0.392 e. The Hall–Kier alpha value is -1.66. The Morgan fingerprint density at radius 3 is 2.53 bits per heavy atom. The highest BCUT2D eigenvalue weighted by Crippen LogP contribution is 2.28. The highest BCUT2D eigenvalue weighted by molar-refractivity contribution is 5.63. The van der Waals surface area contributed by atoms with Gasteiger partial charge in [-0.25, -0.2) is 0 Å². The summed E-state index contributed by atoms with van der Waals surface area (Å²) >= 11 is 0. The van der Waals surface area contributed by atoms with Crippen molar-refractivity contribution >= 4 is 11.4 Å². The number of nitrogens with zero attached hydrogens (tertiary/aromatic N) is 3. The van der Waals surface area contributed by atoms with Gasteiger partial charge in [0.2, 0.25) is 0 Å². The molecule has 0 amide bonds. The van der Waals surface area contributed by atoms with Crippen LogP contribution in [0.15, 0.2) is 24.3 Å². The first-order valence-electron chi connectivity index (χ1n) is 6.30. The molecule has 1 aliphatic rings. The second-order valence-electron chi connectivity index (χ2n) is 4.69. The van der Waals surface area contributed by atoms with Crippen molar-refractivity contribution in [3.8, 4) is 0 Å². The maximum absolute atomic E-state index is 11.0. The first-order valence-corrected chi connectivity index (χ1v) is 6.30. The van der Waals surface area contributed by atoms with E-state index in [9.17, 15) is 15.2 Å². The molecule has 0 bridgehead atoms. The van der Waals surface area contributed by atoms with E-state index >= 15 is 0 Å². The van der Waals surface area contributed by atoms with Crippen molar-refractivity contribution in [3.05, 3.63) is 41.3 Å². The molecule has 103 valence electrons. The highest BCUT2D eigenvalue weighted by Gasteiger charge is 2.23. The van der Waals surface area contributed by atoms with Crippen LogP contribution < -0.4 is 4.90 Å². The van der Waals surface area contributed by atoms with Gasteiger partial charge in [0, 0.05) is 38.8 Å². The van der Waals surface area contributed by atoms with E-state index in [1.165, 1.54) is 6.07 Å². The van der Waals surface area contributed by atoms with E-state index < -0.39 is 6.10 Å². The molecule has 0 aromatic heterocycles.